The van der Waals surface area contributed by atoms with Crippen LogP contribution in [0.2, 0.25) is 0 Å². The summed E-state index contributed by atoms with van der Waals surface area (Å²) in [6.07, 6.45) is 0. The van der Waals surface area contributed by atoms with Crippen molar-refractivity contribution < 1.29 is 28.7 Å². The Morgan fingerprint density at radius 3 is 2.26 bits per heavy atom. The highest BCUT2D eigenvalue weighted by molar-refractivity contribution is 5.96. The summed E-state index contributed by atoms with van der Waals surface area (Å²) in [5.41, 5.74) is 1.17. The van der Waals surface area contributed by atoms with Crippen LogP contribution in [0.4, 0.5) is 11.4 Å². The number of amides is 1. The van der Waals surface area contributed by atoms with Crippen LogP contribution in [0.5, 0.6) is 11.5 Å². The molecule has 0 unspecified atom stereocenters. The number of nitro benzene ring substituents is 1. The van der Waals surface area contributed by atoms with Crippen molar-refractivity contribution >= 4 is 23.3 Å². The number of carbonyl (C=O) groups excluding carboxylic acids is 2. The molecule has 0 N–H and O–H groups in total. The Morgan fingerprint density at radius 1 is 1.06 bits per heavy atom. The van der Waals surface area contributed by atoms with E-state index in [1.165, 1.54) is 11.0 Å². The number of ether oxygens (including phenoxy) is 3. The summed E-state index contributed by atoms with van der Waals surface area (Å²) < 4.78 is 15.7. The summed E-state index contributed by atoms with van der Waals surface area (Å²) in [6.45, 7) is 0.301. The van der Waals surface area contributed by atoms with E-state index in [1.54, 1.807) is 7.05 Å². The van der Waals surface area contributed by atoms with Gasteiger partial charge in [-0.2, -0.15) is 0 Å². The quantitative estimate of drug-likeness (QED) is 0.374. The summed E-state index contributed by atoms with van der Waals surface area (Å²) in [6, 6.07) is 10.0. The number of esters is 1. The molecule has 1 amide bonds. The number of nitro groups is 1. The maximum atomic E-state index is 12.4. The van der Waals surface area contributed by atoms with Gasteiger partial charge in [0, 0.05) is 39.4 Å². The van der Waals surface area contributed by atoms with E-state index in [2.05, 4.69) is 0 Å². The second-order valence-electron chi connectivity index (χ2n) is 7.16. The SMILES string of the molecule is CN(Cc1ccc(N(C)C)cc1)C(=O)COC(=O)c1cc2c(cc1[N+](=O)[O-])OCCO2. The Morgan fingerprint density at radius 2 is 1.68 bits per heavy atom. The van der Waals surface area contributed by atoms with E-state index in [1.807, 2.05) is 43.3 Å². The highest BCUT2D eigenvalue weighted by Crippen LogP contribution is 2.36. The van der Waals surface area contributed by atoms with Crippen LogP contribution in [0, 0.1) is 10.1 Å². The number of rotatable bonds is 7. The molecule has 2 aromatic carbocycles. The number of nitrogens with zero attached hydrogens (tertiary/aromatic N) is 3. The van der Waals surface area contributed by atoms with Crippen molar-refractivity contribution in [2.24, 2.45) is 0 Å². The first-order valence-corrected chi connectivity index (χ1v) is 9.51. The highest BCUT2D eigenvalue weighted by atomic mass is 16.6. The van der Waals surface area contributed by atoms with E-state index >= 15 is 0 Å². The first kappa shape index (κ1) is 21.9. The minimum absolute atomic E-state index is 0.186. The molecule has 0 saturated heterocycles. The van der Waals surface area contributed by atoms with Crippen molar-refractivity contribution in [3.05, 3.63) is 57.6 Å². The summed E-state index contributed by atoms with van der Waals surface area (Å²) in [7, 11) is 5.46. The molecule has 1 heterocycles. The van der Waals surface area contributed by atoms with Crippen LogP contribution in [0.3, 0.4) is 0 Å². The Hall–Kier alpha value is -3.82. The lowest BCUT2D eigenvalue weighted by Crippen LogP contribution is -2.31. The fraction of sp³-hybridized carbons (Fsp3) is 0.333. The largest absolute Gasteiger partial charge is 0.486 e. The van der Waals surface area contributed by atoms with Gasteiger partial charge in [0.2, 0.25) is 0 Å². The summed E-state index contributed by atoms with van der Waals surface area (Å²) in [5, 5.41) is 11.4. The number of hydrogen-bond donors (Lipinski definition) is 0. The molecule has 0 fully saturated rings. The van der Waals surface area contributed by atoms with Gasteiger partial charge < -0.3 is 24.0 Å². The maximum Gasteiger partial charge on any atom is 0.345 e. The predicted octanol–water partition coefficient (Wildman–Crippen LogP) is 2.25. The number of benzene rings is 2. The van der Waals surface area contributed by atoms with Gasteiger partial charge in [0.15, 0.2) is 18.1 Å². The van der Waals surface area contributed by atoms with Gasteiger partial charge in [0.1, 0.15) is 18.8 Å². The zero-order chi connectivity index (χ0) is 22.5. The average Bonchev–Trinajstić information content (AvgIpc) is 2.76. The van der Waals surface area contributed by atoms with Crippen LogP contribution in [0.15, 0.2) is 36.4 Å². The third kappa shape index (κ3) is 5.21. The lowest BCUT2D eigenvalue weighted by molar-refractivity contribution is -0.385. The van der Waals surface area contributed by atoms with E-state index in [4.69, 9.17) is 14.2 Å². The summed E-state index contributed by atoms with van der Waals surface area (Å²) >= 11 is 0. The highest BCUT2D eigenvalue weighted by Gasteiger charge is 2.28. The van der Waals surface area contributed by atoms with Gasteiger partial charge in [-0.25, -0.2) is 4.79 Å². The number of carbonyl (C=O) groups is 2. The van der Waals surface area contributed by atoms with Gasteiger partial charge in [-0.15, -0.1) is 0 Å². The van der Waals surface area contributed by atoms with Gasteiger partial charge in [-0.1, -0.05) is 12.1 Å². The van der Waals surface area contributed by atoms with Crippen molar-refractivity contribution in [2.45, 2.75) is 6.54 Å². The van der Waals surface area contributed by atoms with Crippen molar-refractivity contribution in [1.82, 2.24) is 4.90 Å². The normalized spacial score (nSPS) is 12.1. The second-order valence-corrected chi connectivity index (χ2v) is 7.16. The van der Waals surface area contributed by atoms with Crippen molar-refractivity contribution in [1.29, 1.82) is 0 Å². The Kier molecular flexibility index (Phi) is 6.58. The van der Waals surface area contributed by atoms with Gasteiger partial charge in [0.25, 0.3) is 11.6 Å². The fourth-order valence-electron chi connectivity index (χ4n) is 2.97. The van der Waals surface area contributed by atoms with E-state index in [0.29, 0.717) is 6.54 Å². The summed E-state index contributed by atoms with van der Waals surface area (Å²) in [5.74, 6) is -1.02. The van der Waals surface area contributed by atoms with Crippen LogP contribution in [-0.4, -0.2) is 62.7 Å². The molecule has 0 radical (unpaired) electrons. The minimum atomic E-state index is -0.985. The number of anilines is 1. The van der Waals surface area contributed by atoms with Gasteiger partial charge >= 0.3 is 5.97 Å². The topological polar surface area (TPSA) is 111 Å². The predicted molar refractivity (Wildman–Crippen MR) is 112 cm³/mol. The molecule has 164 valence electrons. The first-order valence-electron chi connectivity index (χ1n) is 9.51. The standard InChI is InChI=1S/C21H23N3O7/c1-22(2)15-6-4-14(5-7-15)12-23(3)20(25)13-31-21(26)16-10-18-19(30-9-8-29-18)11-17(16)24(27)28/h4-7,10-11H,8-9,12-13H2,1-3H3. The molecule has 10 heteroatoms. The van der Waals surface area contributed by atoms with Gasteiger partial charge in [0.05, 0.1) is 11.0 Å². The van der Waals surface area contributed by atoms with Gasteiger partial charge in [-0.05, 0) is 17.7 Å². The van der Waals surface area contributed by atoms with Crippen molar-refractivity contribution in [2.75, 3.05) is 45.9 Å². The van der Waals surface area contributed by atoms with Crippen LogP contribution in [0.25, 0.3) is 0 Å². The van der Waals surface area contributed by atoms with Crippen LogP contribution >= 0.6 is 0 Å². The molecule has 3 rings (SSSR count). The zero-order valence-electron chi connectivity index (χ0n) is 17.5. The number of hydrogen-bond acceptors (Lipinski definition) is 8. The van der Waals surface area contributed by atoms with E-state index in [0.717, 1.165) is 17.3 Å². The molecule has 0 saturated carbocycles. The van der Waals surface area contributed by atoms with Crippen LogP contribution in [0.1, 0.15) is 15.9 Å². The fourth-order valence-corrected chi connectivity index (χ4v) is 2.97. The number of likely N-dealkylation sites (N-methyl/N-ethyl adjacent to an activating group) is 1. The van der Waals surface area contributed by atoms with E-state index in [9.17, 15) is 19.7 Å². The third-order valence-corrected chi connectivity index (χ3v) is 4.70. The molecular weight excluding hydrogens is 406 g/mol. The molecule has 2 aromatic rings. The molecule has 0 aromatic heterocycles. The van der Waals surface area contributed by atoms with Gasteiger partial charge in [-0.3, -0.25) is 14.9 Å². The minimum Gasteiger partial charge on any atom is -0.486 e. The van der Waals surface area contributed by atoms with Crippen LogP contribution in [-0.2, 0) is 16.1 Å². The Bertz CT molecular complexity index is 989. The lowest BCUT2D eigenvalue weighted by atomic mass is 10.1. The smallest absolute Gasteiger partial charge is 0.345 e. The molecule has 0 spiro atoms. The average molecular weight is 429 g/mol. The molecular formula is C21H23N3O7. The molecule has 31 heavy (non-hydrogen) atoms. The third-order valence-electron chi connectivity index (χ3n) is 4.70. The zero-order valence-corrected chi connectivity index (χ0v) is 17.5. The monoisotopic (exact) mass is 429 g/mol. The Labute approximate surface area is 179 Å². The van der Waals surface area contributed by atoms with Crippen LogP contribution < -0.4 is 14.4 Å². The van der Waals surface area contributed by atoms with Crippen molar-refractivity contribution in [3.63, 3.8) is 0 Å². The molecule has 0 atom stereocenters. The van der Waals surface area contributed by atoms with E-state index < -0.39 is 29.1 Å². The molecule has 1 aliphatic rings. The summed E-state index contributed by atoms with van der Waals surface area (Å²) in [4.78, 5) is 38.8. The first-order chi connectivity index (χ1) is 14.8. The van der Waals surface area contributed by atoms with E-state index in [-0.39, 0.29) is 30.3 Å². The molecule has 0 bridgehead atoms. The Balaban J connectivity index is 1.63. The maximum absolute atomic E-state index is 12.4. The molecule has 1 aliphatic heterocycles. The second kappa shape index (κ2) is 9.33. The number of fused-ring (bicyclic) bond motifs is 1. The molecule has 0 aliphatic carbocycles. The lowest BCUT2D eigenvalue weighted by Gasteiger charge is -2.19. The van der Waals surface area contributed by atoms with Crippen molar-refractivity contribution in [3.8, 4) is 11.5 Å². The molecule has 10 nitrogen and oxygen atoms in total.